The smallest absolute Gasteiger partial charge is 0.274 e. The SMILES string of the molecule is CC#Cc1nc(N2CC(CCNS(N)(=O)=O)C2)c2ccc(OC)cc2n1. The summed E-state index contributed by atoms with van der Waals surface area (Å²) in [5.74, 6) is 8.17. The predicted molar refractivity (Wildman–Crippen MR) is 100 cm³/mol. The van der Waals surface area contributed by atoms with Gasteiger partial charge in [0.25, 0.3) is 10.2 Å². The largest absolute Gasteiger partial charge is 0.497 e. The maximum Gasteiger partial charge on any atom is 0.274 e. The highest BCUT2D eigenvalue weighted by molar-refractivity contribution is 7.87. The second-order valence-electron chi connectivity index (χ2n) is 6.13. The first-order chi connectivity index (χ1) is 12.4. The van der Waals surface area contributed by atoms with Gasteiger partial charge in [-0.15, -0.1) is 0 Å². The molecule has 0 bridgehead atoms. The summed E-state index contributed by atoms with van der Waals surface area (Å²) in [6.07, 6.45) is 0.728. The summed E-state index contributed by atoms with van der Waals surface area (Å²) in [6.45, 7) is 3.68. The first kappa shape index (κ1) is 18.4. The molecule has 0 radical (unpaired) electrons. The van der Waals surface area contributed by atoms with Crippen LogP contribution in [0.25, 0.3) is 10.9 Å². The van der Waals surface area contributed by atoms with Crippen LogP contribution in [-0.4, -0.2) is 45.1 Å². The van der Waals surface area contributed by atoms with E-state index in [1.54, 1.807) is 14.0 Å². The van der Waals surface area contributed by atoms with Gasteiger partial charge in [-0.3, -0.25) is 0 Å². The van der Waals surface area contributed by atoms with Crippen molar-refractivity contribution in [3.05, 3.63) is 24.0 Å². The van der Waals surface area contributed by atoms with E-state index in [-0.39, 0.29) is 0 Å². The second-order valence-corrected chi connectivity index (χ2v) is 7.51. The number of hydrogen-bond acceptors (Lipinski definition) is 6. The Kier molecular flexibility index (Phi) is 5.27. The minimum absolute atomic E-state index is 0.339. The molecule has 0 unspecified atom stereocenters. The van der Waals surface area contributed by atoms with Crippen molar-refractivity contribution in [2.75, 3.05) is 31.6 Å². The van der Waals surface area contributed by atoms with E-state index in [9.17, 15) is 8.42 Å². The number of aromatic nitrogens is 2. The molecular weight excluding hydrogens is 354 g/mol. The molecule has 0 spiro atoms. The Labute approximate surface area is 152 Å². The molecule has 1 aliphatic rings. The molecule has 26 heavy (non-hydrogen) atoms. The van der Waals surface area contributed by atoms with Crippen LogP contribution in [0, 0.1) is 17.8 Å². The molecule has 138 valence electrons. The molecule has 1 aromatic carbocycles. The van der Waals surface area contributed by atoms with Gasteiger partial charge in [0.1, 0.15) is 11.6 Å². The van der Waals surface area contributed by atoms with Gasteiger partial charge < -0.3 is 9.64 Å². The Morgan fingerprint density at radius 1 is 1.38 bits per heavy atom. The topological polar surface area (TPSA) is 110 Å². The summed E-state index contributed by atoms with van der Waals surface area (Å²) in [7, 11) is -2.01. The molecule has 9 heteroatoms. The van der Waals surface area contributed by atoms with Gasteiger partial charge in [0.2, 0.25) is 5.82 Å². The van der Waals surface area contributed by atoms with Crippen molar-refractivity contribution in [3.63, 3.8) is 0 Å². The number of methoxy groups -OCH3 is 1. The highest BCUT2D eigenvalue weighted by atomic mass is 32.2. The molecule has 3 N–H and O–H groups in total. The van der Waals surface area contributed by atoms with Crippen molar-refractivity contribution in [1.29, 1.82) is 0 Å². The lowest BCUT2D eigenvalue weighted by Crippen LogP contribution is -2.48. The normalized spacial score (nSPS) is 14.7. The summed E-state index contributed by atoms with van der Waals surface area (Å²) in [5.41, 5.74) is 0.784. The number of anilines is 1. The van der Waals surface area contributed by atoms with Crippen LogP contribution in [0.1, 0.15) is 19.2 Å². The molecule has 1 fully saturated rings. The van der Waals surface area contributed by atoms with Crippen LogP contribution in [-0.2, 0) is 10.2 Å². The van der Waals surface area contributed by atoms with Gasteiger partial charge in [0, 0.05) is 31.1 Å². The number of fused-ring (bicyclic) bond motifs is 1. The highest BCUT2D eigenvalue weighted by Crippen LogP contribution is 2.32. The molecule has 0 saturated carbocycles. The third-order valence-corrected chi connectivity index (χ3v) is 4.84. The lowest BCUT2D eigenvalue weighted by molar-refractivity contribution is 0.382. The van der Waals surface area contributed by atoms with E-state index in [2.05, 4.69) is 31.4 Å². The summed E-state index contributed by atoms with van der Waals surface area (Å²) in [5, 5.41) is 5.88. The zero-order valence-corrected chi connectivity index (χ0v) is 15.5. The third kappa shape index (κ3) is 4.22. The fourth-order valence-electron chi connectivity index (χ4n) is 2.96. The van der Waals surface area contributed by atoms with Crippen molar-refractivity contribution in [2.45, 2.75) is 13.3 Å². The molecular formula is C17H21N5O3S. The van der Waals surface area contributed by atoms with Crippen LogP contribution in [0.2, 0.25) is 0 Å². The minimum atomic E-state index is -3.63. The Morgan fingerprint density at radius 3 is 2.81 bits per heavy atom. The lowest BCUT2D eigenvalue weighted by Gasteiger charge is -2.40. The van der Waals surface area contributed by atoms with Crippen molar-refractivity contribution < 1.29 is 13.2 Å². The van der Waals surface area contributed by atoms with Gasteiger partial charge in [0.05, 0.1) is 12.6 Å². The zero-order chi connectivity index (χ0) is 18.7. The van der Waals surface area contributed by atoms with Crippen molar-refractivity contribution >= 4 is 26.9 Å². The van der Waals surface area contributed by atoms with Crippen LogP contribution < -0.4 is 19.5 Å². The third-order valence-electron chi connectivity index (χ3n) is 4.23. The molecule has 3 rings (SSSR count). The molecule has 1 aliphatic heterocycles. The zero-order valence-electron chi connectivity index (χ0n) is 14.7. The van der Waals surface area contributed by atoms with E-state index in [1.807, 2.05) is 18.2 Å². The molecule has 0 atom stereocenters. The van der Waals surface area contributed by atoms with Gasteiger partial charge in [-0.2, -0.15) is 8.42 Å². The fraction of sp³-hybridized carbons (Fsp3) is 0.412. The molecule has 2 heterocycles. The van der Waals surface area contributed by atoms with Crippen LogP contribution in [0.4, 0.5) is 5.82 Å². The van der Waals surface area contributed by atoms with E-state index in [0.29, 0.717) is 18.3 Å². The summed E-state index contributed by atoms with van der Waals surface area (Å²) < 4.78 is 29.4. The number of hydrogen-bond donors (Lipinski definition) is 2. The molecule has 0 amide bonds. The Balaban J connectivity index is 1.78. The average molecular weight is 375 g/mol. The number of rotatable bonds is 6. The Bertz CT molecular complexity index is 975. The van der Waals surface area contributed by atoms with E-state index in [1.165, 1.54) is 0 Å². The number of nitrogens with two attached hydrogens (primary N) is 1. The van der Waals surface area contributed by atoms with Gasteiger partial charge in [0.15, 0.2) is 0 Å². The lowest BCUT2D eigenvalue weighted by atomic mass is 9.96. The van der Waals surface area contributed by atoms with E-state index in [0.717, 1.165) is 42.0 Å². The maximum absolute atomic E-state index is 10.9. The van der Waals surface area contributed by atoms with Gasteiger partial charge >= 0.3 is 0 Å². The van der Waals surface area contributed by atoms with Crippen LogP contribution in [0.3, 0.4) is 0 Å². The quantitative estimate of drug-likeness (QED) is 0.717. The van der Waals surface area contributed by atoms with Crippen molar-refractivity contribution in [3.8, 4) is 17.6 Å². The summed E-state index contributed by atoms with van der Waals surface area (Å²) in [6, 6.07) is 5.70. The Hall–Kier alpha value is -2.41. The van der Waals surface area contributed by atoms with Gasteiger partial charge in [-0.05, 0) is 37.3 Å². The fourth-order valence-corrected chi connectivity index (χ4v) is 3.36. The number of ether oxygens (including phenoxy) is 1. The van der Waals surface area contributed by atoms with Crippen LogP contribution >= 0.6 is 0 Å². The van der Waals surface area contributed by atoms with E-state index >= 15 is 0 Å². The first-order valence-electron chi connectivity index (χ1n) is 8.20. The molecule has 8 nitrogen and oxygen atoms in total. The monoisotopic (exact) mass is 375 g/mol. The number of nitrogens with one attached hydrogen (secondary N) is 1. The van der Waals surface area contributed by atoms with Gasteiger partial charge in [-0.1, -0.05) is 5.92 Å². The number of nitrogens with zero attached hydrogens (tertiary/aromatic N) is 3. The molecule has 2 aromatic rings. The predicted octanol–water partition coefficient (Wildman–Crippen LogP) is 0.629. The summed E-state index contributed by atoms with van der Waals surface area (Å²) >= 11 is 0. The molecule has 1 saturated heterocycles. The van der Waals surface area contributed by atoms with Crippen molar-refractivity contribution in [1.82, 2.24) is 14.7 Å². The van der Waals surface area contributed by atoms with E-state index < -0.39 is 10.2 Å². The maximum atomic E-state index is 10.9. The minimum Gasteiger partial charge on any atom is -0.497 e. The standard InChI is InChI=1S/C17H21N5O3S/c1-3-4-16-20-15-9-13(25-2)5-6-14(15)17(21-16)22-10-12(11-22)7-8-19-26(18,23)24/h5-6,9,12,19H,7-8,10-11H2,1-2H3,(H2,18,23,24). The average Bonchev–Trinajstić information content (AvgIpc) is 2.55. The number of benzene rings is 1. The summed E-state index contributed by atoms with van der Waals surface area (Å²) in [4.78, 5) is 11.2. The van der Waals surface area contributed by atoms with E-state index in [4.69, 9.17) is 9.88 Å². The van der Waals surface area contributed by atoms with Crippen molar-refractivity contribution in [2.24, 2.45) is 11.1 Å². The Morgan fingerprint density at radius 2 is 2.15 bits per heavy atom. The first-order valence-corrected chi connectivity index (χ1v) is 9.75. The highest BCUT2D eigenvalue weighted by Gasteiger charge is 2.29. The molecule has 0 aliphatic carbocycles. The van der Waals surface area contributed by atoms with Gasteiger partial charge in [-0.25, -0.2) is 19.8 Å². The second kappa shape index (κ2) is 7.45. The molecule has 1 aromatic heterocycles. The van der Waals surface area contributed by atoms with Crippen LogP contribution in [0.5, 0.6) is 5.75 Å². The van der Waals surface area contributed by atoms with Crippen LogP contribution in [0.15, 0.2) is 18.2 Å².